The minimum absolute atomic E-state index is 0.453. The minimum atomic E-state index is -0.453. The van der Waals surface area contributed by atoms with Crippen LogP contribution in [0.15, 0.2) is 55.4 Å². The third-order valence-corrected chi connectivity index (χ3v) is 5.46. The van der Waals surface area contributed by atoms with Crippen LogP contribution in [0.3, 0.4) is 0 Å². The normalized spacial score (nSPS) is 15.4. The molecule has 0 amide bonds. The smallest absolute Gasteiger partial charge is 0.137 e. The lowest BCUT2D eigenvalue weighted by atomic mass is 10.00. The summed E-state index contributed by atoms with van der Waals surface area (Å²) >= 11 is 0. The average Bonchev–Trinajstić information content (AvgIpc) is 3.15. The molecular weight excluding hydrogens is 348 g/mol. The highest BCUT2D eigenvalue weighted by Gasteiger charge is 2.18. The maximum absolute atomic E-state index is 10.5. The fraction of sp³-hybridized carbons (Fsp3) is 0.348. The van der Waals surface area contributed by atoms with Gasteiger partial charge in [0.1, 0.15) is 11.3 Å². The number of fused-ring (bicyclic) bond motifs is 2. The zero-order valence-corrected chi connectivity index (χ0v) is 16.4. The van der Waals surface area contributed by atoms with Crippen LogP contribution in [0.4, 0.5) is 0 Å². The minimum Gasteiger partial charge on any atom is -0.390 e. The Morgan fingerprint density at radius 1 is 1.21 bits per heavy atom. The van der Waals surface area contributed by atoms with Crippen molar-refractivity contribution >= 4 is 11.3 Å². The molecule has 146 valence electrons. The van der Waals surface area contributed by atoms with Crippen molar-refractivity contribution in [1.82, 2.24) is 19.6 Å². The lowest BCUT2D eigenvalue weighted by Crippen LogP contribution is -2.40. The summed E-state index contributed by atoms with van der Waals surface area (Å²) in [6, 6.07) is 12.7. The summed E-state index contributed by atoms with van der Waals surface area (Å²) < 4.78 is 2.03. The Kier molecular flexibility index (Phi) is 5.46. The molecule has 0 radical (unpaired) electrons. The van der Waals surface area contributed by atoms with E-state index in [1.54, 1.807) is 0 Å². The highest BCUT2D eigenvalue weighted by atomic mass is 16.3. The fourth-order valence-electron chi connectivity index (χ4n) is 3.80. The largest absolute Gasteiger partial charge is 0.390 e. The van der Waals surface area contributed by atoms with E-state index in [2.05, 4.69) is 65.2 Å². The monoisotopic (exact) mass is 376 g/mol. The molecule has 0 spiro atoms. The standard InChI is InChI=1S/C23H28N4O/c1-3-18-8-9-23-25-22(16-27(23)13-18)17(2)24-12-21(28)15-26-11-10-19-6-4-5-7-20(19)14-26/h4-9,13,16,21,24,28H,2-3,10-12,14-15H2,1H3. The SMILES string of the molecule is C=C(NCC(O)CN1CCc2ccccc2C1)c1cn2cc(CC)ccc2n1. The molecular formula is C23H28N4O. The molecule has 3 aromatic rings. The summed E-state index contributed by atoms with van der Waals surface area (Å²) in [5.41, 5.74) is 6.53. The Labute approximate surface area is 166 Å². The summed E-state index contributed by atoms with van der Waals surface area (Å²) in [6.07, 6.45) is 5.67. The number of pyridine rings is 1. The van der Waals surface area contributed by atoms with Crippen LogP contribution in [-0.2, 0) is 19.4 Å². The number of nitrogens with one attached hydrogen (secondary N) is 1. The van der Waals surface area contributed by atoms with Gasteiger partial charge < -0.3 is 14.8 Å². The van der Waals surface area contributed by atoms with Crippen LogP contribution < -0.4 is 5.32 Å². The number of aliphatic hydroxyl groups is 1. The molecule has 0 saturated carbocycles. The molecule has 5 heteroatoms. The lowest BCUT2D eigenvalue weighted by Gasteiger charge is -2.30. The van der Waals surface area contributed by atoms with Crippen LogP contribution in [0.2, 0.25) is 0 Å². The number of β-amino-alcohol motifs (C(OH)–C–C–N with tert-alkyl or cyclic N) is 1. The number of hydrogen-bond donors (Lipinski definition) is 2. The van der Waals surface area contributed by atoms with Gasteiger partial charge in [-0.1, -0.05) is 43.8 Å². The van der Waals surface area contributed by atoms with Gasteiger partial charge in [0.2, 0.25) is 0 Å². The van der Waals surface area contributed by atoms with E-state index >= 15 is 0 Å². The summed E-state index contributed by atoms with van der Waals surface area (Å²) in [5.74, 6) is 0. The third kappa shape index (κ3) is 4.11. The van der Waals surface area contributed by atoms with Crippen molar-refractivity contribution in [2.24, 2.45) is 0 Å². The number of imidazole rings is 1. The number of aliphatic hydroxyl groups excluding tert-OH is 1. The highest BCUT2D eigenvalue weighted by molar-refractivity contribution is 5.61. The molecule has 1 atom stereocenters. The van der Waals surface area contributed by atoms with E-state index in [4.69, 9.17) is 0 Å². The van der Waals surface area contributed by atoms with Gasteiger partial charge in [0, 0.05) is 38.6 Å². The highest BCUT2D eigenvalue weighted by Crippen LogP contribution is 2.18. The molecule has 1 aromatic carbocycles. The van der Waals surface area contributed by atoms with Crippen molar-refractivity contribution in [3.05, 3.63) is 77.8 Å². The van der Waals surface area contributed by atoms with E-state index in [1.807, 2.05) is 16.7 Å². The first kappa shape index (κ1) is 18.7. The number of nitrogens with zero attached hydrogens (tertiary/aromatic N) is 3. The molecule has 1 unspecified atom stereocenters. The molecule has 4 rings (SSSR count). The number of aryl methyl sites for hydroxylation is 1. The van der Waals surface area contributed by atoms with E-state index < -0.39 is 6.10 Å². The predicted molar refractivity (Wildman–Crippen MR) is 113 cm³/mol. The quantitative estimate of drug-likeness (QED) is 0.666. The van der Waals surface area contributed by atoms with E-state index in [9.17, 15) is 5.11 Å². The van der Waals surface area contributed by atoms with Gasteiger partial charge in [0.25, 0.3) is 0 Å². The first-order valence-electron chi connectivity index (χ1n) is 10.0. The Morgan fingerprint density at radius 2 is 2.04 bits per heavy atom. The zero-order valence-electron chi connectivity index (χ0n) is 16.4. The van der Waals surface area contributed by atoms with Crippen molar-refractivity contribution in [3.8, 4) is 0 Å². The molecule has 1 aliphatic rings. The number of hydrogen-bond acceptors (Lipinski definition) is 4. The van der Waals surface area contributed by atoms with Crippen LogP contribution in [0.1, 0.15) is 29.3 Å². The average molecular weight is 377 g/mol. The molecule has 2 N–H and O–H groups in total. The van der Waals surface area contributed by atoms with Crippen LogP contribution >= 0.6 is 0 Å². The Bertz CT molecular complexity index is 978. The molecule has 2 aromatic heterocycles. The molecule has 0 aliphatic carbocycles. The summed E-state index contributed by atoms with van der Waals surface area (Å²) in [4.78, 5) is 6.93. The number of aromatic nitrogens is 2. The molecule has 1 aliphatic heterocycles. The van der Waals surface area contributed by atoms with Crippen molar-refractivity contribution < 1.29 is 5.11 Å². The predicted octanol–water partition coefficient (Wildman–Crippen LogP) is 2.88. The van der Waals surface area contributed by atoms with Gasteiger partial charge >= 0.3 is 0 Å². The van der Waals surface area contributed by atoms with E-state index in [-0.39, 0.29) is 0 Å². The molecule has 5 nitrogen and oxygen atoms in total. The van der Waals surface area contributed by atoms with Gasteiger partial charge in [0.05, 0.1) is 11.8 Å². The first-order chi connectivity index (χ1) is 13.6. The summed E-state index contributed by atoms with van der Waals surface area (Å²) in [7, 11) is 0. The van der Waals surface area contributed by atoms with Gasteiger partial charge in [-0.05, 0) is 35.6 Å². The molecule has 28 heavy (non-hydrogen) atoms. The van der Waals surface area contributed by atoms with Gasteiger partial charge in [-0.15, -0.1) is 0 Å². The van der Waals surface area contributed by atoms with Gasteiger partial charge in [0.15, 0.2) is 0 Å². The maximum atomic E-state index is 10.5. The second-order valence-corrected chi connectivity index (χ2v) is 7.55. The second kappa shape index (κ2) is 8.17. The van der Waals surface area contributed by atoms with Gasteiger partial charge in [-0.2, -0.15) is 0 Å². The van der Waals surface area contributed by atoms with Crippen molar-refractivity contribution in [2.45, 2.75) is 32.4 Å². The van der Waals surface area contributed by atoms with Crippen molar-refractivity contribution in [2.75, 3.05) is 19.6 Å². The van der Waals surface area contributed by atoms with Crippen molar-refractivity contribution in [3.63, 3.8) is 0 Å². The zero-order chi connectivity index (χ0) is 19.5. The van der Waals surface area contributed by atoms with Crippen LogP contribution in [-0.4, -0.2) is 45.1 Å². The van der Waals surface area contributed by atoms with Crippen LogP contribution in [0.5, 0.6) is 0 Å². The van der Waals surface area contributed by atoms with Crippen molar-refractivity contribution in [1.29, 1.82) is 0 Å². The summed E-state index contributed by atoms with van der Waals surface area (Å²) in [6.45, 7) is 9.25. The Hall–Kier alpha value is -2.63. The second-order valence-electron chi connectivity index (χ2n) is 7.55. The number of rotatable bonds is 7. The molecule has 0 fully saturated rings. The fourth-order valence-corrected chi connectivity index (χ4v) is 3.80. The van der Waals surface area contributed by atoms with Gasteiger partial charge in [-0.3, -0.25) is 4.90 Å². The van der Waals surface area contributed by atoms with E-state index in [0.717, 1.165) is 43.0 Å². The first-order valence-corrected chi connectivity index (χ1v) is 10.0. The molecule has 0 saturated heterocycles. The van der Waals surface area contributed by atoms with Crippen LogP contribution in [0, 0.1) is 0 Å². The Balaban J connectivity index is 1.31. The topological polar surface area (TPSA) is 52.8 Å². The maximum Gasteiger partial charge on any atom is 0.137 e. The Morgan fingerprint density at radius 3 is 2.86 bits per heavy atom. The van der Waals surface area contributed by atoms with Crippen LogP contribution in [0.25, 0.3) is 11.3 Å². The van der Waals surface area contributed by atoms with E-state index in [1.165, 1.54) is 16.7 Å². The molecule has 3 heterocycles. The van der Waals surface area contributed by atoms with Gasteiger partial charge in [-0.25, -0.2) is 4.98 Å². The lowest BCUT2D eigenvalue weighted by molar-refractivity contribution is 0.107. The third-order valence-electron chi connectivity index (χ3n) is 5.46. The molecule has 0 bridgehead atoms. The summed E-state index contributed by atoms with van der Waals surface area (Å²) in [5, 5.41) is 13.7. The van der Waals surface area contributed by atoms with E-state index in [0.29, 0.717) is 13.1 Å². The number of benzene rings is 1.